The number of rotatable bonds is 14. The highest BCUT2D eigenvalue weighted by Crippen LogP contribution is 2.43. The Kier molecular flexibility index (Phi) is 18.4. The SMILES string of the molecule is C=Cc1ccc(C(=O)c2[nH]c(Cl)c(Cl)c2-n2c(C(=O)c3ccc(C=C)cc3O)cc(Cl)c2Cl)c(O)c1.CCc1ccc(C(=O)c2[nH]c(Cl)c(Cl)c2-n2c(C(=O)c3ccc(CC)cc3O)cc(Cl)c2Cl)c(O)c1.CO. The molecule has 0 aliphatic heterocycles. The first kappa shape index (κ1) is 56.9. The summed E-state index contributed by atoms with van der Waals surface area (Å²) in [5, 5.41) is 48.2. The van der Waals surface area contributed by atoms with Gasteiger partial charge in [0.2, 0.25) is 23.1 Å². The molecule has 7 N–H and O–H groups in total. The summed E-state index contributed by atoms with van der Waals surface area (Å²) in [5.74, 6) is -3.59. The molecule has 0 aliphatic rings. The molecule has 74 heavy (non-hydrogen) atoms. The lowest BCUT2D eigenvalue weighted by Crippen LogP contribution is -2.13. The van der Waals surface area contributed by atoms with Crippen LogP contribution in [0.5, 0.6) is 23.0 Å². The van der Waals surface area contributed by atoms with Gasteiger partial charge < -0.3 is 35.5 Å². The molecule has 0 fully saturated rings. The summed E-state index contributed by atoms with van der Waals surface area (Å²) in [6.45, 7) is 11.1. The summed E-state index contributed by atoms with van der Waals surface area (Å²) in [4.78, 5) is 59.4. The third-order valence-electron chi connectivity index (χ3n) is 11.3. The van der Waals surface area contributed by atoms with Crippen LogP contribution < -0.4 is 0 Å². The van der Waals surface area contributed by atoms with Gasteiger partial charge in [0.1, 0.15) is 65.0 Å². The number of halogens is 8. The number of nitrogens with one attached hydrogen (secondary N) is 2. The summed E-state index contributed by atoms with van der Waals surface area (Å²) < 4.78 is 2.37. The van der Waals surface area contributed by atoms with Crippen molar-refractivity contribution in [1.82, 2.24) is 19.1 Å². The van der Waals surface area contributed by atoms with Gasteiger partial charge in [-0.1, -0.05) is 156 Å². The molecule has 4 aromatic heterocycles. The molecular formula is C53H40Cl8N4O9. The fourth-order valence-electron chi connectivity index (χ4n) is 7.57. The lowest BCUT2D eigenvalue weighted by Gasteiger charge is -2.13. The Bertz CT molecular complexity index is 3340. The van der Waals surface area contributed by atoms with E-state index in [4.69, 9.17) is 97.9 Å². The Balaban J connectivity index is 0.000000233. The number of phenolic OH excluding ortho intramolecular Hbond substituents is 4. The Morgan fingerprint density at radius 2 is 0.797 bits per heavy atom. The zero-order valence-electron chi connectivity index (χ0n) is 38.9. The number of H-pyrrole nitrogens is 2. The number of ketones is 4. The number of hydrogen-bond donors (Lipinski definition) is 7. The maximum Gasteiger partial charge on any atom is 0.215 e. The van der Waals surface area contributed by atoms with E-state index in [2.05, 4.69) is 23.1 Å². The van der Waals surface area contributed by atoms with E-state index >= 15 is 0 Å². The van der Waals surface area contributed by atoms with Crippen molar-refractivity contribution in [1.29, 1.82) is 0 Å². The third kappa shape index (κ3) is 11.0. The summed E-state index contributed by atoms with van der Waals surface area (Å²) in [6.07, 6.45) is 4.37. The Hall–Kier alpha value is -6.36. The zero-order chi connectivity index (χ0) is 54.6. The van der Waals surface area contributed by atoms with Gasteiger partial charge in [0, 0.05) is 7.11 Å². The van der Waals surface area contributed by atoms with Crippen LogP contribution in [0.15, 0.2) is 98.1 Å². The highest BCUT2D eigenvalue weighted by Gasteiger charge is 2.33. The van der Waals surface area contributed by atoms with Crippen LogP contribution in [0.4, 0.5) is 0 Å². The van der Waals surface area contributed by atoms with E-state index in [9.17, 15) is 39.6 Å². The van der Waals surface area contributed by atoms with Gasteiger partial charge in [0.25, 0.3) is 0 Å². The summed E-state index contributed by atoms with van der Waals surface area (Å²) in [6, 6.07) is 20.8. The second kappa shape index (κ2) is 23.9. The quantitative estimate of drug-likeness (QED) is 0.0516. The van der Waals surface area contributed by atoms with Crippen LogP contribution in [0.2, 0.25) is 40.7 Å². The van der Waals surface area contributed by atoms with Crippen LogP contribution in [0.1, 0.15) is 100 Å². The first-order valence-electron chi connectivity index (χ1n) is 21.6. The summed E-state index contributed by atoms with van der Waals surface area (Å²) >= 11 is 50.9. The van der Waals surface area contributed by atoms with Gasteiger partial charge >= 0.3 is 0 Å². The predicted molar refractivity (Wildman–Crippen MR) is 294 cm³/mol. The number of aliphatic hydroxyl groups is 1. The first-order valence-corrected chi connectivity index (χ1v) is 24.7. The Morgan fingerprint density at radius 3 is 1.09 bits per heavy atom. The number of aromatic hydroxyl groups is 4. The fourth-order valence-corrected chi connectivity index (χ4v) is 9.22. The lowest BCUT2D eigenvalue weighted by atomic mass is 10.0. The van der Waals surface area contributed by atoms with E-state index in [1.54, 1.807) is 24.3 Å². The molecule has 0 aliphatic carbocycles. The second-order valence-corrected chi connectivity index (χ2v) is 18.7. The van der Waals surface area contributed by atoms with Crippen molar-refractivity contribution in [3.63, 3.8) is 0 Å². The van der Waals surface area contributed by atoms with Gasteiger partial charge in [0.15, 0.2) is 0 Å². The van der Waals surface area contributed by atoms with Crippen molar-refractivity contribution in [2.24, 2.45) is 0 Å². The largest absolute Gasteiger partial charge is 0.507 e. The number of carbonyl (C=O) groups excluding carboxylic acids is 4. The second-order valence-electron chi connectivity index (χ2n) is 15.6. The normalized spacial score (nSPS) is 10.8. The molecule has 0 radical (unpaired) electrons. The Labute approximate surface area is 463 Å². The van der Waals surface area contributed by atoms with E-state index in [-0.39, 0.29) is 120 Å². The first-order chi connectivity index (χ1) is 35.2. The molecular weight excluding hydrogens is 1120 g/mol. The molecule has 0 bridgehead atoms. The van der Waals surface area contributed by atoms with Gasteiger partial charge in [-0.3, -0.25) is 28.3 Å². The smallest absolute Gasteiger partial charge is 0.215 e. The van der Waals surface area contributed by atoms with E-state index in [0.717, 1.165) is 18.2 Å². The van der Waals surface area contributed by atoms with Crippen molar-refractivity contribution in [3.8, 4) is 34.4 Å². The van der Waals surface area contributed by atoms with Crippen LogP contribution in [0, 0.1) is 0 Å². The van der Waals surface area contributed by atoms with Crippen LogP contribution in [-0.4, -0.2) is 74.9 Å². The molecule has 0 spiro atoms. The fraction of sp³-hybridized carbons (Fsp3) is 0.0943. The van der Waals surface area contributed by atoms with E-state index in [1.165, 1.54) is 81.9 Å². The standard InChI is InChI=1S/C26H20Cl4N2O4.C26H16Cl4N2O4.CH4O/c2*1-3-12-5-7-14(18(33)9-12)23(35)17-11-16(27)26(30)32(17)22-20(28)25(29)31-21(22)24(36)15-8-6-13(4-2)10-19(15)34;1-2/h5-11,31,33-34H,3-4H2,1-2H3;3-11,31,33-34H,1-2H2;2H,1H3. The molecule has 0 amide bonds. The number of aliphatic hydroxyl groups excluding tert-OH is 1. The summed E-state index contributed by atoms with van der Waals surface area (Å²) in [5.41, 5.74) is 2.31. The number of nitrogens with zero attached hydrogens (tertiary/aromatic N) is 2. The van der Waals surface area contributed by atoms with Crippen LogP contribution in [0.25, 0.3) is 23.5 Å². The molecule has 0 unspecified atom stereocenters. The monoisotopic (exact) mass is 1160 g/mol. The highest BCUT2D eigenvalue weighted by atomic mass is 35.5. The van der Waals surface area contributed by atoms with Gasteiger partial charge in [-0.15, -0.1) is 0 Å². The minimum absolute atomic E-state index is 0.00177. The number of phenols is 4. The van der Waals surface area contributed by atoms with Crippen molar-refractivity contribution in [2.75, 3.05) is 7.11 Å². The van der Waals surface area contributed by atoms with Crippen molar-refractivity contribution in [3.05, 3.63) is 206 Å². The average molecular weight is 1160 g/mol. The van der Waals surface area contributed by atoms with Crippen molar-refractivity contribution in [2.45, 2.75) is 26.7 Å². The van der Waals surface area contributed by atoms with Gasteiger partial charge in [-0.05, 0) is 95.8 Å². The van der Waals surface area contributed by atoms with Crippen LogP contribution in [0.3, 0.4) is 0 Å². The topological polar surface area (TPSA) is 211 Å². The number of hydrogen-bond acceptors (Lipinski definition) is 9. The molecule has 21 heteroatoms. The maximum absolute atomic E-state index is 13.5. The van der Waals surface area contributed by atoms with Gasteiger partial charge in [0.05, 0.1) is 55.1 Å². The van der Waals surface area contributed by atoms with Gasteiger partial charge in [-0.25, -0.2) is 0 Å². The molecule has 13 nitrogen and oxygen atoms in total. The van der Waals surface area contributed by atoms with E-state index in [1.807, 2.05) is 13.8 Å². The molecule has 382 valence electrons. The summed E-state index contributed by atoms with van der Waals surface area (Å²) in [7, 11) is 1.00. The molecule has 8 aromatic rings. The number of aromatic nitrogens is 4. The zero-order valence-corrected chi connectivity index (χ0v) is 44.9. The van der Waals surface area contributed by atoms with Gasteiger partial charge in [-0.2, -0.15) is 0 Å². The van der Waals surface area contributed by atoms with Crippen molar-refractivity contribution >= 4 is 128 Å². The minimum atomic E-state index is -0.676. The van der Waals surface area contributed by atoms with E-state index in [0.29, 0.717) is 24.0 Å². The predicted octanol–water partition coefficient (Wildman–Crippen LogP) is 14.6. The molecule has 0 saturated heterocycles. The molecule has 4 heterocycles. The minimum Gasteiger partial charge on any atom is -0.507 e. The van der Waals surface area contributed by atoms with Crippen LogP contribution in [-0.2, 0) is 12.8 Å². The van der Waals surface area contributed by atoms with E-state index < -0.39 is 23.1 Å². The number of carbonyl (C=O) groups is 4. The lowest BCUT2D eigenvalue weighted by molar-refractivity contribution is 0.101. The number of aromatic amines is 2. The highest BCUT2D eigenvalue weighted by molar-refractivity contribution is 6.46. The Morgan fingerprint density at radius 1 is 0.486 bits per heavy atom. The average Bonchev–Trinajstić information content (AvgIpc) is 4.07. The molecule has 4 aromatic carbocycles. The van der Waals surface area contributed by atoms with Crippen LogP contribution >= 0.6 is 92.8 Å². The molecule has 0 atom stereocenters. The molecule has 0 saturated carbocycles. The molecule has 8 rings (SSSR count). The maximum atomic E-state index is 13.5. The number of benzene rings is 4. The third-order valence-corrected chi connectivity index (χ3v) is 14.4. The number of aryl methyl sites for hydroxylation is 2. The van der Waals surface area contributed by atoms with Crippen molar-refractivity contribution < 1.29 is 44.7 Å².